The molecule has 1 saturated heterocycles. The Balaban J connectivity index is 1.35. The minimum absolute atomic E-state index is 0.486. The van der Waals surface area contributed by atoms with E-state index in [9.17, 15) is 0 Å². The number of aromatic nitrogens is 2. The highest BCUT2D eigenvalue weighted by molar-refractivity contribution is 5.85. The van der Waals surface area contributed by atoms with E-state index >= 15 is 0 Å². The number of rotatable bonds is 5. The van der Waals surface area contributed by atoms with Crippen molar-refractivity contribution in [1.29, 1.82) is 0 Å². The number of fused-ring (bicyclic) bond motifs is 1. The highest BCUT2D eigenvalue weighted by Crippen LogP contribution is 2.29. The van der Waals surface area contributed by atoms with E-state index in [4.69, 9.17) is 4.42 Å². The molecule has 0 unspecified atom stereocenters. The molecule has 2 aliphatic rings. The first-order chi connectivity index (χ1) is 13.3. The summed E-state index contributed by atoms with van der Waals surface area (Å²) in [6.07, 6.45) is 5.30. The van der Waals surface area contributed by atoms with Crippen molar-refractivity contribution in [1.82, 2.24) is 15.3 Å². The highest BCUT2D eigenvalue weighted by atomic mass is 16.3. The largest absolute Gasteiger partial charge is 0.459 e. The van der Waals surface area contributed by atoms with Gasteiger partial charge in [0.2, 0.25) is 5.95 Å². The Morgan fingerprint density at radius 1 is 1.04 bits per heavy atom. The third-order valence-corrected chi connectivity index (χ3v) is 5.36. The van der Waals surface area contributed by atoms with Crippen molar-refractivity contribution in [2.24, 2.45) is 0 Å². The van der Waals surface area contributed by atoms with Crippen molar-refractivity contribution in [2.45, 2.75) is 25.3 Å². The van der Waals surface area contributed by atoms with Gasteiger partial charge in [0.25, 0.3) is 0 Å². The molecular weight excluding hydrogens is 340 g/mol. The quantitative estimate of drug-likeness (QED) is 0.641. The summed E-state index contributed by atoms with van der Waals surface area (Å²) in [5, 5.41) is 10.2. The van der Waals surface area contributed by atoms with Gasteiger partial charge in [-0.3, -0.25) is 0 Å². The van der Waals surface area contributed by atoms with Crippen LogP contribution >= 0.6 is 0 Å². The maximum atomic E-state index is 5.58. The molecule has 3 N–H and O–H groups in total. The van der Waals surface area contributed by atoms with Crippen molar-refractivity contribution < 1.29 is 4.42 Å². The standard InChI is InChI=1S/C20H24N6O/c1-2-14(3-1)22-19-18-17(8-13-27-18)24-20(25-19)23-15-4-6-16(7-5-15)26-11-9-21-10-12-26/h4-8,13-14,21H,1-3,9-12H2,(H2,22,23,24,25). The normalized spacial score (nSPS) is 17.7. The van der Waals surface area contributed by atoms with Crippen LogP contribution in [0.3, 0.4) is 0 Å². The van der Waals surface area contributed by atoms with E-state index in [0.717, 1.165) is 48.8 Å². The number of piperazine rings is 1. The van der Waals surface area contributed by atoms with Crippen LogP contribution in [-0.4, -0.2) is 42.2 Å². The Morgan fingerprint density at radius 3 is 2.59 bits per heavy atom. The van der Waals surface area contributed by atoms with Crippen LogP contribution < -0.4 is 20.9 Å². The van der Waals surface area contributed by atoms with Crippen molar-refractivity contribution in [3.8, 4) is 0 Å². The van der Waals surface area contributed by atoms with Gasteiger partial charge in [-0.2, -0.15) is 4.98 Å². The Labute approximate surface area is 158 Å². The Hall–Kier alpha value is -2.80. The van der Waals surface area contributed by atoms with Crippen LogP contribution in [-0.2, 0) is 0 Å². The molecule has 0 atom stereocenters. The molecule has 0 spiro atoms. The summed E-state index contributed by atoms with van der Waals surface area (Å²) in [4.78, 5) is 11.6. The summed E-state index contributed by atoms with van der Waals surface area (Å²) >= 11 is 0. The molecule has 2 aromatic heterocycles. The lowest BCUT2D eigenvalue weighted by Crippen LogP contribution is -2.43. The van der Waals surface area contributed by atoms with Crippen molar-refractivity contribution in [3.05, 3.63) is 36.6 Å². The first-order valence-corrected chi connectivity index (χ1v) is 9.70. The van der Waals surface area contributed by atoms with Crippen LogP contribution in [0.25, 0.3) is 11.1 Å². The summed E-state index contributed by atoms with van der Waals surface area (Å²) in [7, 11) is 0. The van der Waals surface area contributed by atoms with Crippen LogP contribution in [0.15, 0.2) is 41.0 Å². The van der Waals surface area contributed by atoms with Crippen LogP contribution in [0, 0.1) is 0 Å². The molecular formula is C20H24N6O. The molecule has 2 fully saturated rings. The molecule has 27 heavy (non-hydrogen) atoms. The molecule has 0 bridgehead atoms. The Bertz CT molecular complexity index is 912. The lowest BCUT2D eigenvalue weighted by atomic mass is 9.93. The zero-order valence-electron chi connectivity index (χ0n) is 15.2. The monoisotopic (exact) mass is 364 g/mol. The molecule has 5 rings (SSSR count). The van der Waals surface area contributed by atoms with Gasteiger partial charge in [0.15, 0.2) is 11.4 Å². The van der Waals surface area contributed by atoms with Gasteiger partial charge in [-0.05, 0) is 43.5 Å². The molecule has 3 aromatic rings. The van der Waals surface area contributed by atoms with Gasteiger partial charge in [0.1, 0.15) is 5.52 Å². The van der Waals surface area contributed by atoms with E-state index in [2.05, 4.69) is 55.1 Å². The van der Waals surface area contributed by atoms with Crippen LogP contribution in [0.5, 0.6) is 0 Å². The first kappa shape index (κ1) is 16.4. The molecule has 140 valence electrons. The molecule has 1 aliphatic carbocycles. The van der Waals surface area contributed by atoms with E-state index in [1.54, 1.807) is 6.26 Å². The van der Waals surface area contributed by atoms with E-state index in [1.165, 1.54) is 24.9 Å². The molecule has 7 heteroatoms. The number of anilines is 4. The fourth-order valence-electron chi connectivity index (χ4n) is 3.57. The van der Waals surface area contributed by atoms with Crippen molar-refractivity contribution >= 4 is 34.2 Å². The van der Waals surface area contributed by atoms with Gasteiger partial charge in [0.05, 0.1) is 6.26 Å². The zero-order chi connectivity index (χ0) is 18.1. The molecule has 1 aromatic carbocycles. The van der Waals surface area contributed by atoms with E-state index in [-0.39, 0.29) is 0 Å². The van der Waals surface area contributed by atoms with Crippen molar-refractivity contribution in [2.75, 3.05) is 41.7 Å². The average Bonchev–Trinajstić information content (AvgIpc) is 3.15. The minimum Gasteiger partial charge on any atom is -0.459 e. The lowest BCUT2D eigenvalue weighted by molar-refractivity contribution is 0.444. The van der Waals surface area contributed by atoms with E-state index < -0.39 is 0 Å². The van der Waals surface area contributed by atoms with Gasteiger partial charge in [-0.1, -0.05) is 0 Å². The number of nitrogens with zero attached hydrogens (tertiary/aromatic N) is 3. The molecule has 0 radical (unpaired) electrons. The molecule has 0 amide bonds. The summed E-state index contributed by atoms with van der Waals surface area (Å²) < 4.78 is 5.58. The fraction of sp³-hybridized carbons (Fsp3) is 0.400. The molecule has 7 nitrogen and oxygen atoms in total. The number of benzene rings is 1. The first-order valence-electron chi connectivity index (χ1n) is 9.70. The van der Waals surface area contributed by atoms with Gasteiger partial charge in [-0.25, -0.2) is 4.98 Å². The van der Waals surface area contributed by atoms with Crippen LogP contribution in [0.4, 0.5) is 23.1 Å². The van der Waals surface area contributed by atoms with Gasteiger partial charge < -0.3 is 25.3 Å². The average molecular weight is 364 g/mol. The summed E-state index contributed by atoms with van der Waals surface area (Å²) in [6.45, 7) is 4.16. The number of furan rings is 1. The second-order valence-corrected chi connectivity index (χ2v) is 7.21. The number of nitrogens with one attached hydrogen (secondary N) is 3. The number of hydrogen-bond donors (Lipinski definition) is 3. The maximum Gasteiger partial charge on any atom is 0.229 e. The van der Waals surface area contributed by atoms with Crippen molar-refractivity contribution in [3.63, 3.8) is 0 Å². The van der Waals surface area contributed by atoms with Crippen LogP contribution in [0.1, 0.15) is 19.3 Å². The zero-order valence-corrected chi connectivity index (χ0v) is 15.2. The smallest absolute Gasteiger partial charge is 0.229 e. The topological polar surface area (TPSA) is 78.2 Å². The van der Waals surface area contributed by atoms with Crippen LogP contribution in [0.2, 0.25) is 0 Å². The third kappa shape index (κ3) is 3.42. The number of hydrogen-bond acceptors (Lipinski definition) is 7. The fourth-order valence-corrected chi connectivity index (χ4v) is 3.57. The van der Waals surface area contributed by atoms with Gasteiger partial charge >= 0.3 is 0 Å². The highest BCUT2D eigenvalue weighted by Gasteiger charge is 2.20. The maximum absolute atomic E-state index is 5.58. The molecule has 1 aliphatic heterocycles. The predicted octanol–water partition coefficient (Wildman–Crippen LogP) is 3.34. The summed E-state index contributed by atoms with van der Waals surface area (Å²) in [5.74, 6) is 1.36. The lowest BCUT2D eigenvalue weighted by Gasteiger charge is -2.29. The van der Waals surface area contributed by atoms with E-state index in [1.807, 2.05) is 6.07 Å². The summed E-state index contributed by atoms with van der Waals surface area (Å²) in [6, 6.07) is 10.8. The van der Waals surface area contributed by atoms with Gasteiger partial charge in [0, 0.05) is 49.7 Å². The Morgan fingerprint density at radius 2 is 1.85 bits per heavy atom. The molecule has 3 heterocycles. The van der Waals surface area contributed by atoms with E-state index in [0.29, 0.717) is 12.0 Å². The second kappa shape index (κ2) is 7.08. The predicted molar refractivity (Wildman–Crippen MR) is 108 cm³/mol. The minimum atomic E-state index is 0.486. The second-order valence-electron chi connectivity index (χ2n) is 7.21. The Kier molecular flexibility index (Phi) is 4.29. The summed E-state index contributed by atoms with van der Waals surface area (Å²) in [5.41, 5.74) is 3.76. The SMILES string of the molecule is c1cc2nc(Nc3ccc(N4CCNCC4)cc3)nc(NC3CCC3)c2o1. The molecule has 1 saturated carbocycles. The van der Waals surface area contributed by atoms with Gasteiger partial charge in [-0.15, -0.1) is 0 Å². The third-order valence-electron chi connectivity index (χ3n) is 5.36.